The van der Waals surface area contributed by atoms with Crippen molar-refractivity contribution in [1.82, 2.24) is 10.6 Å². The zero-order valence-electron chi connectivity index (χ0n) is 8.72. The topological polar surface area (TPSA) is 67.1 Å². The third kappa shape index (κ3) is 4.07. The predicted molar refractivity (Wildman–Crippen MR) is 56.9 cm³/mol. The first-order valence-corrected chi connectivity index (χ1v) is 5.56. The summed E-state index contributed by atoms with van der Waals surface area (Å²) >= 11 is 0. The lowest BCUT2D eigenvalue weighted by atomic mass is 10.0. The molecule has 1 aliphatic rings. The Balaban J connectivity index is 2.07. The monoisotopic (exact) mass is 199 g/mol. The number of nitrogens with two attached hydrogens (primary N) is 1. The van der Waals surface area contributed by atoms with E-state index in [9.17, 15) is 4.79 Å². The number of carbonyl (C=O) groups excluding carboxylic acids is 1. The van der Waals surface area contributed by atoms with Gasteiger partial charge in [0.1, 0.15) is 0 Å². The van der Waals surface area contributed by atoms with Crippen LogP contribution in [0, 0.1) is 0 Å². The summed E-state index contributed by atoms with van der Waals surface area (Å²) in [5, 5.41) is 6.15. The standard InChI is InChI=1S/C10H21N3O/c11-6-2-4-8-13-10(14)9-5-1-3-7-12-9/h9,12H,1-8,11H2,(H,13,14)/t9-/m1/s1. The summed E-state index contributed by atoms with van der Waals surface area (Å²) < 4.78 is 0. The molecule has 0 aromatic rings. The highest BCUT2D eigenvalue weighted by Crippen LogP contribution is 2.06. The smallest absolute Gasteiger partial charge is 0.237 e. The Hall–Kier alpha value is -0.610. The van der Waals surface area contributed by atoms with Crippen molar-refractivity contribution in [2.45, 2.75) is 38.1 Å². The van der Waals surface area contributed by atoms with E-state index in [0.717, 1.165) is 38.8 Å². The van der Waals surface area contributed by atoms with Crippen LogP contribution >= 0.6 is 0 Å². The zero-order valence-corrected chi connectivity index (χ0v) is 8.72. The Morgan fingerprint density at radius 1 is 1.43 bits per heavy atom. The van der Waals surface area contributed by atoms with Gasteiger partial charge in [-0.1, -0.05) is 6.42 Å². The van der Waals surface area contributed by atoms with E-state index in [2.05, 4.69) is 10.6 Å². The molecule has 0 bridgehead atoms. The van der Waals surface area contributed by atoms with Crippen molar-refractivity contribution in [3.05, 3.63) is 0 Å². The number of piperidine rings is 1. The van der Waals surface area contributed by atoms with Crippen molar-refractivity contribution < 1.29 is 4.79 Å². The van der Waals surface area contributed by atoms with Gasteiger partial charge in [-0.15, -0.1) is 0 Å². The van der Waals surface area contributed by atoms with Gasteiger partial charge >= 0.3 is 0 Å². The van der Waals surface area contributed by atoms with Crippen molar-refractivity contribution in [1.29, 1.82) is 0 Å². The molecule has 0 spiro atoms. The molecule has 82 valence electrons. The number of nitrogens with one attached hydrogen (secondary N) is 2. The SMILES string of the molecule is NCCCCNC(=O)[C@H]1CCCCN1. The second kappa shape index (κ2) is 6.79. The first kappa shape index (κ1) is 11.5. The first-order valence-electron chi connectivity index (χ1n) is 5.56. The fourth-order valence-corrected chi connectivity index (χ4v) is 1.68. The molecule has 4 nitrogen and oxygen atoms in total. The van der Waals surface area contributed by atoms with Crippen molar-refractivity contribution in [3.63, 3.8) is 0 Å². The lowest BCUT2D eigenvalue weighted by Gasteiger charge is -2.22. The molecule has 0 radical (unpaired) electrons. The number of amides is 1. The summed E-state index contributed by atoms with van der Waals surface area (Å²) in [5.74, 6) is 0.154. The van der Waals surface area contributed by atoms with Crippen molar-refractivity contribution in [3.8, 4) is 0 Å². The maximum atomic E-state index is 11.6. The van der Waals surface area contributed by atoms with Gasteiger partial charge in [-0.2, -0.15) is 0 Å². The summed E-state index contributed by atoms with van der Waals surface area (Å²) in [6.07, 6.45) is 5.29. The summed E-state index contributed by atoms with van der Waals surface area (Å²) in [4.78, 5) is 11.6. The molecule has 4 N–H and O–H groups in total. The van der Waals surface area contributed by atoms with Crippen LogP contribution in [0.15, 0.2) is 0 Å². The normalized spacial score (nSPS) is 21.9. The van der Waals surface area contributed by atoms with Gasteiger partial charge in [0, 0.05) is 6.54 Å². The number of carbonyl (C=O) groups is 1. The predicted octanol–water partition coefficient (Wildman–Crippen LogP) is -0.0164. The molecule has 0 aliphatic carbocycles. The number of hydrogen-bond acceptors (Lipinski definition) is 3. The minimum Gasteiger partial charge on any atom is -0.355 e. The average molecular weight is 199 g/mol. The summed E-state index contributed by atoms with van der Waals surface area (Å²) in [5.41, 5.74) is 5.36. The van der Waals surface area contributed by atoms with Crippen LogP contribution in [0.1, 0.15) is 32.1 Å². The number of rotatable bonds is 5. The zero-order chi connectivity index (χ0) is 10.2. The maximum Gasteiger partial charge on any atom is 0.237 e. The molecule has 1 saturated heterocycles. The molecule has 1 heterocycles. The maximum absolute atomic E-state index is 11.6. The van der Waals surface area contributed by atoms with Crippen LogP contribution in [-0.4, -0.2) is 31.6 Å². The van der Waals surface area contributed by atoms with E-state index in [1.54, 1.807) is 0 Å². The number of hydrogen-bond donors (Lipinski definition) is 3. The number of unbranched alkanes of at least 4 members (excludes halogenated alkanes) is 1. The minimum atomic E-state index is 0.0432. The third-order valence-electron chi connectivity index (χ3n) is 2.56. The largest absolute Gasteiger partial charge is 0.355 e. The summed E-state index contributed by atoms with van der Waals surface area (Å²) in [6, 6.07) is 0.0432. The van der Waals surface area contributed by atoms with E-state index >= 15 is 0 Å². The van der Waals surface area contributed by atoms with E-state index in [1.807, 2.05) is 0 Å². The minimum absolute atomic E-state index is 0.0432. The van der Waals surface area contributed by atoms with E-state index in [0.29, 0.717) is 6.54 Å². The highest BCUT2D eigenvalue weighted by molar-refractivity contribution is 5.81. The second-order valence-corrected chi connectivity index (χ2v) is 3.79. The highest BCUT2D eigenvalue weighted by atomic mass is 16.2. The molecule has 0 aromatic heterocycles. The van der Waals surface area contributed by atoms with Crippen LogP contribution in [-0.2, 0) is 4.79 Å². The fraction of sp³-hybridized carbons (Fsp3) is 0.900. The quantitative estimate of drug-likeness (QED) is 0.545. The highest BCUT2D eigenvalue weighted by Gasteiger charge is 2.19. The van der Waals surface area contributed by atoms with Gasteiger partial charge in [0.15, 0.2) is 0 Å². The summed E-state index contributed by atoms with van der Waals surface area (Å²) in [7, 11) is 0. The molecule has 14 heavy (non-hydrogen) atoms. The van der Waals surface area contributed by atoms with Crippen LogP contribution in [0.25, 0.3) is 0 Å². The van der Waals surface area contributed by atoms with Crippen LogP contribution in [0.2, 0.25) is 0 Å². The van der Waals surface area contributed by atoms with E-state index in [-0.39, 0.29) is 11.9 Å². The second-order valence-electron chi connectivity index (χ2n) is 3.79. The Labute approximate surface area is 85.6 Å². The van der Waals surface area contributed by atoms with Crippen molar-refractivity contribution in [2.24, 2.45) is 5.73 Å². The van der Waals surface area contributed by atoms with E-state index in [1.165, 1.54) is 6.42 Å². The molecular weight excluding hydrogens is 178 g/mol. The molecule has 0 saturated carbocycles. The van der Waals surface area contributed by atoms with Gasteiger partial charge in [0.25, 0.3) is 0 Å². The lowest BCUT2D eigenvalue weighted by Crippen LogP contribution is -2.46. The summed E-state index contributed by atoms with van der Waals surface area (Å²) in [6.45, 7) is 2.44. The molecule has 1 atom stereocenters. The third-order valence-corrected chi connectivity index (χ3v) is 2.56. The molecule has 0 aromatic carbocycles. The van der Waals surface area contributed by atoms with Gasteiger partial charge in [-0.05, 0) is 38.8 Å². The molecule has 1 rings (SSSR count). The molecule has 4 heteroatoms. The van der Waals surface area contributed by atoms with Crippen LogP contribution < -0.4 is 16.4 Å². The van der Waals surface area contributed by atoms with Crippen molar-refractivity contribution in [2.75, 3.05) is 19.6 Å². The van der Waals surface area contributed by atoms with Gasteiger partial charge in [-0.25, -0.2) is 0 Å². The Bertz CT molecular complexity index is 167. The van der Waals surface area contributed by atoms with Crippen LogP contribution in [0.4, 0.5) is 0 Å². The van der Waals surface area contributed by atoms with E-state index in [4.69, 9.17) is 5.73 Å². The van der Waals surface area contributed by atoms with E-state index < -0.39 is 0 Å². The van der Waals surface area contributed by atoms with Gasteiger partial charge in [0.2, 0.25) is 5.91 Å². The fourth-order valence-electron chi connectivity index (χ4n) is 1.68. The van der Waals surface area contributed by atoms with Gasteiger partial charge in [-0.3, -0.25) is 4.79 Å². The first-order chi connectivity index (χ1) is 6.84. The molecule has 1 amide bonds. The average Bonchev–Trinajstić information content (AvgIpc) is 2.25. The Morgan fingerprint density at radius 2 is 2.29 bits per heavy atom. The molecular formula is C10H21N3O. The molecule has 1 fully saturated rings. The lowest BCUT2D eigenvalue weighted by molar-refractivity contribution is -0.123. The Kier molecular flexibility index (Phi) is 5.56. The van der Waals surface area contributed by atoms with Gasteiger partial charge in [0.05, 0.1) is 6.04 Å². The van der Waals surface area contributed by atoms with Crippen LogP contribution in [0.3, 0.4) is 0 Å². The molecule has 0 unspecified atom stereocenters. The Morgan fingerprint density at radius 3 is 2.93 bits per heavy atom. The van der Waals surface area contributed by atoms with Crippen LogP contribution in [0.5, 0.6) is 0 Å². The van der Waals surface area contributed by atoms with Crippen molar-refractivity contribution >= 4 is 5.91 Å². The van der Waals surface area contributed by atoms with Gasteiger partial charge < -0.3 is 16.4 Å². The molecule has 1 aliphatic heterocycles.